The average molecular weight is 405 g/mol. The summed E-state index contributed by atoms with van der Waals surface area (Å²) >= 11 is 6.40. The Morgan fingerprint density at radius 2 is 2.04 bits per heavy atom. The molecule has 2 aliphatic heterocycles. The van der Waals surface area contributed by atoms with Crippen LogP contribution < -0.4 is 14.8 Å². The number of furan rings is 1. The number of fused-ring (bicyclic) bond motifs is 1. The summed E-state index contributed by atoms with van der Waals surface area (Å²) < 4.78 is 16.8. The lowest BCUT2D eigenvalue weighted by Gasteiger charge is -2.32. The van der Waals surface area contributed by atoms with Crippen LogP contribution in [0.25, 0.3) is 0 Å². The van der Waals surface area contributed by atoms with Crippen molar-refractivity contribution in [2.75, 3.05) is 26.3 Å². The Morgan fingerprint density at radius 3 is 2.79 bits per heavy atom. The first-order valence-corrected chi connectivity index (χ1v) is 10.1. The van der Waals surface area contributed by atoms with Crippen molar-refractivity contribution in [3.63, 3.8) is 0 Å². The van der Waals surface area contributed by atoms with Gasteiger partial charge in [0.1, 0.15) is 0 Å². The van der Waals surface area contributed by atoms with Gasteiger partial charge in [-0.05, 0) is 43.5 Å². The highest BCUT2D eigenvalue weighted by atomic mass is 35.5. The van der Waals surface area contributed by atoms with Gasteiger partial charge in [0.05, 0.1) is 24.5 Å². The summed E-state index contributed by atoms with van der Waals surface area (Å²) in [5.41, 5.74) is 1.98. The van der Waals surface area contributed by atoms with E-state index in [2.05, 4.69) is 10.2 Å². The van der Waals surface area contributed by atoms with E-state index < -0.39 is 0 Å². The van der Waals surface area contributed by atoms with Crippen molar-refractivity contribution in [2.45, 2.75) is 38.8 Å². The number of carbonyl (C=O) groups is 1. The first-order chi connectivity index (χ1) is 13.6. The number of likely N-dealkylation sites (tertiary alicyclic amines) is 1. The van der Waals surface area contributed by atoms with Gasteiger partial charge in [-0.3, -0.25) is 9.69 Å². The van der Waals surface area contributed by atoms with Gasteiger partial charge in [0.2, 0.25) is 0 Å². The second kappa shape index (κ2) is 8.45. The first-order valence-electron chi connectivity index (χ1n) is 9.75. The van der Waals surface area contributed by atoms with E-state index in [1.807, 2.05) is 19.1 Å². The minimum Gasteiger partial charge on any atom is -0.489 e. The van der Waals surface area contributed by atoms with Gasteiger partial charge < -0.3 is 19.2 Å². The molecule has 4 rings (SSSR count). The summed E-state index contributed by atoms with van der Waals surface area (Å²) in [7, 11) is 0. The molecule has 0 bridgehead atoms. The molecule has 7 heteroatoms. The van der Waals surface area contributed by atoms with Crippen molar-refractivity contribution >= 4 is 17.5 Å². The van der Waals surface area contributed by atoms with Crippen molar-refractivity contribution < 1.29 is 18.7 Å². The molecule has 3 heterocycles. The van der Waals surface area contributed by atoms with Crippen molar-refractivity contribution in [1.29, 1.82) is 0 Å². The summed E-state index contributed by atoms with van der Waals surface area (Å²) in [6, 6.07) is 5.96. The third-order valence-corrected chi connectivity index (χ3v) is 5.54. The number of benzene rings is 1. The van der Waals surface area contributed by atoms with E-state index in [4.69, 9.17) is 25.5 Å². The summed E-state index contributed by atoms with van der Waals surface area (Å²) in [6.45, 7) is 5.77. The highest BCUT2D eigenvalue weighted by Crippen LogP contribution is 2.38. The fourth-order valence-corrected chi connectivity index (χ4v) is 4.01. The van der Waals surface area contributed by atoms with Gasteiger partial charge in [-0.2, -0.15) is 0 Å². The van der Waals surface area contributed by atoms with Gasteiger partial charge >= 0.3 is 0 Å². The summed E-state index contributed by atoms with van der Waals surface area (Å²) in [5, 5.41) is 3.69. The van der Waals surface area contributed by atoms with Crippen LogP contribution in [0.4, 0.5) is 0 Å². The number of carbonyl (C=O) groups excluding carboxylic acids is 1. The quantitative estimate of drug-likeness (QED) is 0.839. The number of hydrogen-bond donors (Lipinski definition) is 1. The lowest BCUT2D eigenvalue weighted by atomic mass is 10.0. The number of hydrogen-bond acceptors (Lipinski definition) is 5. The standard InChI is InChI=1S/C21H25ClN2O4/c1-14-5-10-28-19(14)21(25)23-16-3-6-24(7-4-16)13-15-11-17(22)20-18(12-15)26-8-2-9-27-20/h5,10-12,16H,2-4,6-9,13H2,1H3,(H,23,25). The third kappa shape index (κ3) is 4.28. The maximum absolute atomic E-state index is 12.3. The van der Waals surface area contributed by atoms with E-state index in [0.29, 0.717) is 29.7 Å². The van der Waals surface area contributed by atoms with Crippen LogP contribution in [0.2, 0.25) is 5.02 Å². The molecule has 0 saturated carbocycles. The smallest absolute Gasteiger partial charge is 0.287 e. The van der Waals surface area contributed by atoms with Crippen LogP contribution in [-0.2, 0) is 6.54 Å². The molecule has 1 N–H and O–H groups in total. The molecule has 0 radical (unpaired) electrons. The second-order valence-electron chi connectivity index (χ2n) is 7.41. The van der Waals surface area contributed by atoms with E-state index in [-0.39, 0.29) is 11.9 Å². The maximum Gasteiger partial charge on any atom is 0.287 e. The van der Waals surface area contributed by atoms with Crippen LogP contribution in [-0.4, -0.2) is 43.2 Å². The zero-order valence-corrected chi connectivity index (χ0v) is 16.8. The number of amides is 1. The lowest BCUT2D eigenvalue weighted by Crippen LogP contribution is -2.44. The summed E-state index contributed by atoms with van der Waals surface area (Å²) in [5.74, 6) is 1.66. The molecule has 28 heavy (non-hydrogen) atoms. The average Bonchev–Trinajstić information content (AvgIpc) is 2.96. The van der Waals surface area contributed by atoms with Crippen LogP contribution in [0, 0.1) is 6.92 Å². The van der Waals surface area contributed by atoms with Gasteiger partial charge in [-0.25, -0.2) is 0 Å². The van der Waals surface area contributed by atoms with E-state index >= 15 is 0 Å². The lowest BCUT2D eigenvalue weighted by molar-refractivity contribution is 0.0880. The number of halogens is 1. The molecule has 1 aromatic heterocycles. The topological polar surface area (TPSA) is 63.9 Å². The van der Waals surface area contributed by atoms with Gasteiger partial charge in [0.25, 0.3) is 5.91 Å². The molecule has 0 spiro atoms. The Hall–Kier alpha value is -2.18. The Balaban J connectivity index is 1.32. The molecule has 0 unspecified atom stereocenters. The molecule has 6 nitrogen and oxygen atoms in total. The van der Waals surface area contributed by atoms with Crippen LogP contribution in [0.3, 0.4) is 0 Å². The van der Waals surface area contributed by atoms with Gasteiger partial charge in [0, 0.05) is 37.7 Å². The molecular weight excluding hydrogens is 380 g/mol. The number of piperidine rings is 1. The second-order valence-corrected chi connectivity index (χ2v) is 7.82. The number of rotatable bonds is 4. The maximum atomic E-state index is 12.3. The van der Waals surface area contributed by atoms with E-state index in [9.17, 15) is 4.79 Å². The molecule has 2 aliphatic rings. The highest BCUT2D eigenvalue weighted by molar-refractivity contribution is 6.32. The summed E-state index contributed by atoms with van der Waals surface area (Å²) in [6.07, 6.45) is 4.22. The Morgan fingerprint density at radius 1 is 1.25 bits per heavy atom. The van der Waals surface area contributed by atoms with Crippen molar-refractivity contribution in [1.82, 2.24) is 10.2 Å². The molecule has 150 valence electrons. The largest absolute Gasteiger partial charge is 0.489 e. The number of nitrogens with one attached hydrogen (secondary N) is 1. The van der Waals surface area contributed by atoms with E-state index in [0.717, 1.165) is 55.8 Å². The SMILES string of the molecule is Cc1ccoc1C(=O)NC1CCN(Cc2cc(Cl)c3c(c2)OCCCO3)CC1. The minimum absolute atomic E-state index is 0.129. The van der Waals surface area contributed by atoms with Crippen LogP contribution in [0.5, 0.6) is 11.5 Å². The normalized spacial score (nSPS) is 17.9. The van der Waals surface area contributed by atoms with Gasteiger partial charge in [-0.1, -0.05) is 11.6 Å². The monoisotopic (exact) mass is 404 g/mol. The van der Waals surface area contributed by atoms with Crippen molar-refractivity contribution in [3.8, 4) is 11.5 Å². The predicted molar refractivity (Wildman–Crippen MR) is 106 cm³/mol. The Bertz CT molecular complexity index is 843. The number of aryl methyl sites for hydroxylation is 1. The molecular formula is C21H25ClN2O4. The fraction of sp³-hybridized carbons (Fsp3) is 0.476. The number of ether oxygens (including phenoxy) is 2. The predicted octanol–water partition coefficient (Wildman–Crippen LogP) is 3.80. The van der Waals surface area contributed by atoms with E-state index in [1.54, 1.807) is 12.3 Å². The fourth-order valence-electron chi connectivity index (χ4n) is 3.73. The summed E-state index contributed by atoms with van der Waals surface area (Å²) in [4.78, 5) is 14.7. The molecule has 1 saturated heterocycles. The Kier molecular flexibility index (Phi) is 5.78. The molecule has 0 aliphatic carbocycles. The van der Waals surface area contributed by atoms with Crippen LogP contribution in [0.1, 0.15) is 40.9 Å². The van der Waals surface area contributed by atoms with Crippen molar-refractivity contribution in [3.05, 3.63) is 46.4 Å². The molecule has 1 aromatic carbocycles. The van der Waals surface area contributed by atoms with Crippen LogP contribution in [0.15, 0.2) is 28.9 Å². The third-order valence-electron chi connectivity index (χ3n) is 5.26. The van der Waals surface area contributed by atoms with Gasteiger partial charge in [0.15, 0.2) is 17.3 Å². The molecule has 1 amide bonds. The zero-order valence-electron chi connectivity index (χ0n) is 16.0. The minimum atomic E-state index is -0.129. The molecule has 1 fully saturated rings. The first kappa shape index (κ1) is 19.2. The zero-order chi connectivity index (χ0) is 19.5. The molecule has 2 aromatic rings. The highest BCUT2D eigenvalue weighted by Gasteiger charge is 2.24. The van der Waals surface area contributed by atoms with Crippen LogP contribution >= 0.6 is 11.6 Å². The van der Waals surface area contributed by atoms with Crippen molar-refractivity contribution in [2.24, 2.45) is 0 Å². The number of nitrogens with zero attached hydrogens (tertiary/aromatic N) is 1. The Labute approximate surface area is 169 Å². The molecule has 0 atom stereocenters. The van der Waals surface area contributed by atoms with E-state index in [1.165, 1.54) is 0 Å². The van der Waals surface area contributed by atoms with Gasteiger partial charge in [-0.15, -0.1) is 0 Å².